The Bertz CT molecular complexity index is 1850. The van der Waals surface area contributed by atoms with E-state index in [1.54, 1.807) is 19.9 Å². The third-order valence-corrected chi connectivity index (χ3v) is 8.08. The second-order valence-electron chi connectivity index (χ2n) is 12.6. The molecule has 2 bridgehead atoms. The number of aryl methyl sites for hydroxylation is 2. The molecular weight excluding hydrogens is 632 g/mol. The number of carbonyl (C=O) groups is 5. The third kappa shape index (κ3) is 8.47. The number of nitrogens with zero attached hydrogens (tertiary/aromatic N) is 4. The van der Waals surface area contributed by atoms with Crippen molar-refractivity contribution in [3.05, 3.63) is 76.4 Å². The van der Waals surface area contributed by atoms with Crippen LogP contribution in [-0.2, 0) is 27.3 Å². The maximum Gasteiger partial charge on any atom is 0.274 e. The molecule has 15 heteroatoms. The SMILES string of the molecule is Cc1cc(C(=O)N2CCNC(=O)[C@@H](Cc3ccccc3)NC(=O)[C@@H](CC(C)C)NC(=O)[C@@H](C)NC(=O)c3cc(on3)C2)c2c(C)noc2n1. The molecule has 0 saturated heterocycles. The Kier molecular flexibility index (Phi) is 10.7. The van der Waals surface area contributed by atoms with E-state index in [0.29, 0.717) is 16.8 Å². The van der Waals surface area contributed by atoms with Crippen molar-refractivity contribution in [1.29, 1.82) is 0 Å². The molecule has 0 unspecified atom stereocenters. The van der Waals surface area contributed by atoms with Gasteiger partial charge in [-0.2, -0.15) is 0 Å². The first-order chi connectivity index (χ1) is 23.4. The van der Waals surface area contributed by atoms with Gasteiger partial charge in [0, 0.05) is 31.3 Å². The summed E-state index contributed by atoms with van der Waals surface area (Å²) in [6, 6.07) is 9.20. The molecule has 1 aliphatic rings. The van der Waals surface area contributed by atoms with Crippen LogP contribution in [0.4, 0.5) is 0 Å². The molecule has 0 fully saturated rings. The zero-order valence-electron chi connectivity index (χ0n) is 28.0. The maximum atomic E-state index is 14.1. The number of rotatable bonds is 5. The highest BCUT2D eigenvalue weighted by Gasteiger charge is 2.31. The van der Waals surface area contributed by atoms with Crippen LogP contribution in [0.15, 0.2) is 51.5 Å². The second-order valence-corrected chi connectivity index (χ2v) is 12.6. The maximum absolute atomic E-state index is 14.1. The summed E-state index contributed by atoms with van der Waals surface area (Å²) in [5, 5.41) is 19.3. The summed E-state index contributed by atoms with van der Waals surface area (Å²) >= 11 is 0. The van der Waals surface area contributed by atoms with E-state index in [9.17, 15) is 24.0 Å². The fraction of sp³-hybridized carbons (Fsp3) is 0.412. The van der Waals surface area contributed by atoms with E-state index < -0.39 is 47.7 Å². The number of benzene rings is 1. The summed E-state index contributed by atoms with van der Waals surface area (Å²) in [5.74, 6) is -2.51. The lowest BCUT2D eigenvalue weighted by Gasteiger charge is -2.26. The largest absolute Gasteiger partial charge is 0.359 e. The fourth-order valence-electron chi connectivity index (χ4n) is 5.60. The number of hydrogen-bond acceptors (Lipinski definition) is 10. The summed E-state index contributed by atoms with van der Waals surface area (Å²) in [5.41, 5.74) is 2.22. The number of amides is 5. The van der Waals surface area contributed by atoms with Crippen molar-refractivity contribution >= 4 is 40.6 Å². The average Bonchev–Trinajstić information content (AvgIpc) is 3.69. The van der Waals surface area contributed by atoms with E-state index in [4.69, 9.17) is 9.05 Å². The number of carbonyl (C=O) groups excluding carboxylic acids is 5. The first-order valence-corrected chi connectivity index (χ1v) is 16.1. The lowest BCUT2D eigenvalue weighted by atomic mass is 10.0. The van der Waals surface area contributed by atoms with E-state index in [1.807, 2.05) is 44.2 Å². The highest BCUT2D eigenvalue weighted by molar-refractivity contribution is 6.06. The first kappa shape index (κ1) is 34.7. The minimum atomic E-state index is -1.04. The van der Waals surface area contributed by atoms with Gasteiger partial charge in [0.05, 0.1) is 23.2 Å². The number of hydrogen-bond donors (Lipinski definition) is 4. The topological polar surface area (TPSA) is 202 Å². The predicted molar refractivity (Wildman–Crippen MR) is 176 cm³/mol. The smallest absolute Gasteiger partial charge is 0.274 e. The highest BCUT2D eigenvalue weighted by Crippen LogP contribution is 2.24. The third-order valence-electron chi connectivity index (χ3n) is 8.08. The van der Waals surface area contributed by atoms with Crippen LogP contribution < -0.4 is 21.3 Å². The van der Waals surface area contributed by atoms with E-state index in [-0.39, 0.29) is 61.1 Å². The van der Waals surface area contributed by atoms with Gasteiger partial charge in [-0.05, 0) is 44.7 Å². The first-order valence-electron chi connectivity index (χ1n) is 16.1. The van der Waals surface area contributed by atoms with Crippen LogP contribution in [-0.4, -0.2) is 80.9 Å². The Morgan fingerprint density at radius 3 is 2.41 bits per heavy atom. The molecule has 4 aromatic rings. The quantitative estimate of drug-likeness (QED) is 0.243. The van der Waals surface area contributed by atoms with Crippen LogP contribution in [0.3, 0.4) is 0 Å². The molecule has 4 heterocycles. The Balaban J connectivity index is 1.49. The lowest BCUT2D eigenvalue weighted by Crippen LogP contribution is -2.57. The summed E-state index contributed by atoms with van der Waals surface area (Å²) in [7, 11) is 0. The minimum Gasteiger partial charge on any atom is -0.359 e. The molecule has 15 nitrogen and oxygen atoms in total. The van der Waals surface area contributed by atoms with Crippen molar-refractivity contribution in [2.75, 3.05) is 13.1 Å². The molecule has 0 aliphatic carbocycles. The molecule has 5 rings (SSSR count). The van der Waals surface area contributed by atoms with Gasteiger partial charge in [-0.25, -0.2) is 4.98 Å². The fourth-order valence-corrected chi connectivity index (χ4v) is 5.60. The van der Waals surface area contributed by atoms with Gasteiger partial charge in [0.25, 0.3) is 17.5 Å². The molecule has 3 aromatic heterocycles. The second kappa shape index (κ2) is 15.1. The molecule has 1 aromatic carbocycles. The standard InChI is InChI=1S/C34H40N8O7/c1-18(2)13-25-31(45)39-26(15-22-9-7-6-8-10-22)30(44)35-11-12-42(34(47)24-14-19(3)36-33-28(24)20(4)40-49-33)17-23-16-27(41-48-23)32(46)37-21(5)29(43)38-25/h6-10,14,16,18,21,25-26H,11-13,15,17H2,1-5H3,(H,35,44)(H,37,46)(H,38,43)(H,39,45)/t21-,25-,26-/m1/s1. The van der Waals surface area contributed by atoms with Gasteiger partial charge in [0.1, 0.15) is 18.1 Å². The van der Waals surface area contributed by atoms with Gasteiger partial charge in [-0.15, -0.1) is 0 Å². The van der Waals surface area contributed by atoms with E-state index in [1.165, 1.54) is 17.9 Å². The van der Waals surface area contributed by atoms with Crippen molar-refractivity contribution in [2.24, 2.45) is 5.92 Å². The average molecular weight is 673 g/mol. The Morgan fingerprint density at radius 2 is 1.67 bits per heavy atom. The molecule has 0 saturated carbocycles. The van der Waals surface area contributed by atoms with Crippen LogP contribution in [0.2, 0.25) is 0 Å². The molecular formula is C34H40N8O7. The molecule has 1 aliphatic heterocycles. The Labute approximate surface area is 282 Å². The zero-order chi connectivity index (χ0) is 35.2. The predicted octanol–water partition coefficient (Wildman–Crippen LogP) is 1.98. The van der Waals surface area contributed by atoms with Gasteiger partial charge in [0.2, 0.25) is 17.7 Å². The normalized spacial score (nSPS) is 19.9. The zero-order valence-corrected chi connectivity index (χ0v) is 28.0. The molecule has 258 valence electrons. The summed E-state index contributed by atoms with van der Waals surface area (Å²) in [6.45, 7) is 8.63. The number of nitrogens with one attached hydrogen (secondary N) is 4. The lowest BCUT2D eigenvalue weighted by molar-refractivity contribution is -0.132. The number of aromatic nitrogens is 3. The number of pyridine rings is 1. The van der Waals surface area contributed by atoms with E-state index >= 15 is 0 Å². The van der Waals surface area contributed by atoms with Crippen LogP contribution in [0.5, 0.6) is 0 Å². The van der Waals surface area contributed by atoms with Gasteiger partial charge in [0.15, 0.2) is 11.5 Å². The van der Waals surface area contributed by atoms with Crippen molar-refractivity contribution in [3.8, 4) is 0 Å². The molecule has 0 radical (unpaired) electrons. The Morgan fingerprint density at radius 1 is 0.939 bits per heavy atom. The Hall–Kier alpha value is -5.60. The molecule has 4 N–H and O–H groups in total. The molecule has 49 heavy (non-hydrogen) atoms. The van der Waals surface area contributed by atoms with Crippen molar-refractivity contribution < 1.29 is 33.0 Å². The van der Waals surface area contributed by atoms with Crippen molar-refractivity contribution in [3.63, 3.8) is 0 Å². The molecule has 3 atom stereocenters. The highest BCUT2D eigenvalue weighted by atomic mass is 16.5. The monoisotopic (exact) mass is 672 g/mol. The van der Waals surface area contributed by atoms with Crippen LogP contribution in [0.25, 0.3) is 11.1 Å². The minimum absolute atomic E-state index is 0.00666. The van der Waals surface area contributed by atoms with Crippen LogP contribution in [0, 0.1) is 19.8 Å². The summed E-state index contributed by atoms with van der Waals surface area (Å²) < 4.78 is 10.8. The van der Waals surface area contributed by atoms with Crippen LogP contribution in [0.1, 0.15) is 70.8 Å². The molecule has 0 spiro atoms. The van der Waals surface area contributed by atoms with Gasteiger partial charge >= 0.3 is 0 Å². The van der Waals surface area contributed by atoms with Crippen LogP contribution >= 0.6 is 0 Å². The van der Waals surface area contributed by atoms with Gasteiger partial charge < -0.3 is 35.2 Å². The van der Waals surface area contributed by atoms with E-state index in [0.717, 1.165) is 5.56 Å². The van der Waals surface area contributed by atoms with Crippen molar-refractivity contribution in [2.45, 2.75) is 72.1 Å². The summed E-state index contributed by atoms with van der Waals surface area (Å²) in [4.78, 5) is 73.5. The number of fused-ring (bicyclic) bond motifs is 3. The van der Waals surface area contributed by atoms with Gasteiger partial charge in [-0.1, -0.05) is 54.5 Å². The molecule has 5 amide bonds. The summed E-state index contributed by atoms with van der Waals surface area (Å²) in [6.07, 6.45) is 0.465. The van der Waals surface area contributed by atoms with Crippen molar-refractivity contribution in [1.82, 2.24) is 41.5 Å². The van der Waals surface area contributed by atoms with E-state index in [2.05, 4.69) is 36.6 Å². The van der Waals surface area contributed by atoms with Gasteiger partial charge in [-0.3, -0.25) is 24.0 Å².